The van der Waals surface area contributed by atoms with Gasteiger partial charge in [-0.15, -0.1) is 0 Å². The number of para-hydroxylation sites is 1. The largest absolute Gasteiger partial charge is 0.444 e. The Morgan fingerprint density at radius 3 is 2.61 bits per heavy atom. The van der Waals surface area contributed by atoms with Gasteiger partial charge < -0.3 is 19.9 Å². The van der Waals surface area contributed by atoms with Crippen molar-refractivity contribution in [1.29, 1.82) is 0 Å². The Kier molecular flexibility index (Phi) is 4.37. The van der Waals surface area contributed by atoms with Crippen molar-refractivity contribution < 1.29 is 9.53 Å². The van der Waals surface area contributed by atoms with Crippen LogP contribution in [0.1, 0.15) is 32.8 Å². The highest BCUT2D eigenvalue weighted by Crippen LogP contribution is 2.33. The average Bonchev–Trinajstić information content (AvgIpc) is 2.53. The summed E-state index contributed by atoms with van der Waals surface area (Å²) in [4.78, 5) is 16.3. The number of carbonyl (C=O) groups excluding carboxylic acids is 1. The highest BCUT2D eigenvalue weighted by Gasteiger charge is 2.27. The van der Waals surface area contributed by atoms with Crippen molar-refractivity contribution in [3.63, 3.8) is 0 Å². The molecule has 0 atom stereocenters. The van der Waals surface area contributed by atoms with E-state index in [1.165, 1.54) is 23.4 Å². The molecular weight excluding hydrogens is 290 g/mol. The van der Waals surface area contributed by atoms with E-state index in [-0.39, 0.29) is 6.09 Å². The van der Waals surface area contributed by atoms with Crippen molar-refractivity contribution in [3.8, 4) is 0 Å². The molecule has 0 bridgehead atoms. The molecule has 1 amide bonds. The molecule has 1 saturated heterocycles. The Labute approximate surface area is 138 Å². The molecule has 0 aromatic heterocycles. The molecule has 0 saturated carbocycles. The molecule has 5 heteroatoms. The first-order valence-electron chi connectivity index (χ1n) is 8.53. The van der Waals surface area contributed by atoms with Gasteiger partial charge in [-0.05, 0) is 45.2 Å². The molecule has 23 heavy (non-hydrogen) atoms. The lowest BCUT2D eigenvalue weighted by molar-refractivity contribution is 0.0240. The number of nitrogens with one attached hydrogen (secondary N) is 1. The standard InChI is InChI=1S/C18H27N3O2/c1-18(2,3)23-17(22)21-12-10-20(11-13-21)15-8-4-6-14-7-5-9-19-16(14)15/h4,6,8,19H,5,7,9-13H2,1-3H3. The molecule has 1 aromatic rings. The third-order valence-electron chi connectivity index (χ3n) is 4.33. The number of anilines is 2. The van der Waals surface area contributed by atoms with Crippen molar-refractivity contribution >= 4 is 17.5 Å². The molecule has 2 aliphatic rings. The van der Waals surface area contributed by atoms with Gasteiger partial charge in [0.1, 0.15) is 5.60 Å². The molecule has 1 N–H and O–H groups in total. The molecule has 2 heterocycles. The molecular formula is C18H27N3O2. The van der Waals surface area contributed by atoms with E-state index in [0.29, 0.717) is 13.1 Å². The monoisotopic (exact) mass is 317 g/mol. The van der Waals surface area contributed by atoms with Gasteiger partial charge in [0.05, 0.1) is 11.4 Å². The second-order valence-corrected chi connectivity index (χ2v) is 7.30. The van der Waals surface area contributed by atoms with Gasteiger partial charge in [-0.3, -0.25) is 0 Å². The van der Waals surface area contributed by atoms with Crippen LogP contribution in [0.15, 0.2) is 18.2 Å². The number of ether oxygens (including phenoxy) is 1. The van der Waals surface area contributed by atoms with Crippen molar-refractivity contribution in [2.45, 2.75) is 39.2 Å². The van der Waals surface area contributed by atoms with Crippen molar-refractivity contribution in [1.82, 2.24) is 4.90 Å². The minimum atomic E-state index is -0.434. The van der Waals surface area contributed by atoms with Gasteiger partial charge in [0, 0.05) is 32.7 Å². The molecule has 0 unspecified atom stereocenters. The van der Waals surface area contributed by atoms with Crippen LogP contribution in [0.4, 0.5) is 16.2 Å². The summed E-state index contributed by atoms with van der Waals surface area (Å²) < 4.78 is 5.46. The maximum Gasteiger partial charge on any atom is 0.410 e. The van der Waals surface area contributed by atoms with Crippen molar-refractivity contribution in [3.05, 3.63) is 23.8 Å². The van der Waals surface area contributed by atoms with Gasteiger partial charge >= 0.3 is 6.09 Å². The molecule has 1 fully saturated rings. The number of carbonyl (C=O) groups is 1. The van der Waals surface area contributed by atoms with Gasteiger partial charge in [-0.1, -0.05) is 12.1 Å². The van der Waals surface area contributed by atoms with Crippen LogP contribution < -0.4 is 10.2 Å². The fourth-order valence-electron chi connectivity index (χ4n) is 3.21. The predicted molar refractivity (Wildman–Crippen MR) is 93.3 cm³/mol. The summed E-state index contributed by atoms with van der Waals surface area (Å²) in [5.74, 6) is 0. The van der Waals surface area contributed by atoms with Crippen LogP contribution in [-0.4, -0.2) is 49.3 Å². The molecule has 0 spiro atoms. The maximum atomic E-state index is 12.2. The first-order chi connectivity index (χ1) is 10.9. The van der Waals surface area contributed by atoms with Crippen molar-refractivity contribution in [2.24, 2.45) is 0 Å². The van der Waals surface area contributed by atoms with Crippen LogP contribution in [0.2, 0.25) is 0 Å². The van der Waals surface area contributed by atoms with Crippen LogP contribution in [0, 0.1) is 0 Å². The van der Waals surface area contributed by atoms with Gasteiger partial charge in [0.25, 0.3) is 0 Å². The minimum Gasteiger partial charge on any atom is -0.444 e. The molecule has 2 aliphatic heterocycles. The second-order valence-electron chi connectivity index (χ2n) is 7.30. The van der Waals surface area contributed by atoms with E-state index >= 15 is 0 Å². The predicted octanol–water partition coefficient (Wildman–Crippen LogP) is 3.10. The maximum absolute atomic E-state index is 12.2. The molecule has 3 rings (SSSR count). The quantitative estimate of drug-likeness (QED) is 0.864. The summed E-state index contributed by atoms with van der Waals surface area (Å²) in [6.45, 7) is 9.86. The lowest BCUT2D eigenvalue weighted by Crippen LogP contribution is -2.50. The number of benzene rings is 1. The first kappa shape index (κ1) is 16.0. The van der Waals surface area contributed by atoms with Crippen LogP contribution >= 0.6 is 0 Å². The Balaban J connectivity index is 1.65. The molecule has 5 nitrogen and oxygen atoms in total. The Morgan fingerprint density at radius 2 is 1.91 bits per heavy atom. The van der Waals surface area contributed by atoms with Crippen molar-refractivity contribution in [2.75, 3.05) is 42.9 Å². The van der Waals surface area contributed by atoms with Gasteiger partial charge in [-0.25, -0.2) is 4.79 Å². The van der Waals surface area contributed by atoms with E-state index in [0.717, 1.165) is 26.1 Å². The summed E-state index contributed by atoms with van der Waals surface area (Å²) in [6, 6.07) is 6.53. The average molecular weight is 317 g/mol. The van der Waals surface area contributed by atoms with E-state index in [1.807, 2.05) is 25.7 Å². The number of hydrogen-bond donors (Lipinski definition) is 1. The summed E-state index contributed by atoms with van der Waals surface area (Å²) in [5, 5.41) is 3.55. The van der Waals surface area contributed by atoms with E-state index < -0.39 is 5.60 Å². The van der Waals surface area contributed by atoms with E-state index in [4.69, 9.17) is 4.74 Å². The number of amides is 1. The Morgan fingerprint density at radius 1 is 1.17 bits per heavy atom. The zero-order chi connectivity index (χ0) is 16.4. The third kappa shape index (κ3) is 3.71. The number of fused-ring (bicyclic) bond motifs is 1. The topological polar surface area (TPSA) is 44.8 Å². The number of rotatable bonds is 1. The van der Waals surface area contributed by atoms with Crippen LogP contribution in [0.25, 0.3) is 0 Å². The number of hydrogen-bond acceptors (Lipinski definition) is 4. The summed E-state index contributed by atoms with van der Waals surface area (Å²) >= 11 is 0. The molecule has 1 aromatic carbocycles. The normalized spacial score (nSPS) is 18.2. The van der Waals surface area contributed by atoms with Gasteiger partial charge in [-0.2, -0.15) is 0 Å². The highest BCUT2D eigenvalue weighted by atomic mass is 16.6. The second kappa shape index (κ2) is 6.30. The zero-order valence-corrected chi connectivity index (χ0v) is 14.4. The van der Waals surface area contributed by atoms with E-state index in [2.05, 4.69) is 28.4 Å². The fraction of sp³-hybridized carbons (Fsp3) is 0.611. The smallest absolute Gasteiger partial charge is 0.410 e. The lowest BCUT2D eigenvalue weighted by Gasteiger charge is -2.38. The number of nitrogens with zero attached hydrogens (tertiary/aromatic N) is 2. The first-order valence-corrected chi connectivity index (χ1v) is 8.53. The third-order valence-corrected chi connectivity index (χ3v) is 4.33. The van der Waals surface area contributed by atoms with Gasteiger partial charge in [0.2, 0.25) is 0 Å². The summed E-state index contributed by atoms with van der Waals surface area (Å²) in [7, 11) is 0. The van der Waals surface area contributed by atoms with Crippen LogP contribution in [0.5, 0.6) is 0 Å². The molecule has 0 radical (unpaired) electrons. The highest BCUT2D eigenvalue weighted by molar-refractivity contribution is 5.75. The van der Waals surface area contributed by atoms with Crippen LogP contribution in [0.3, 0.4) is 0 Å². The lowest BCUT2D eigenvalue weighted by atomic mass is 10.0. The Bertz CT molecular complexity index is 572. The van der Waals surface area contributed by atoms with E-state index in [9.17, 15) is 4.79 Å². The van der Waals surface area contributed by atoms with Crippen LogP contribution in [-0.2, 0) is 11.2 Å². The minimum absolute atomic E-state index is 0.203. The zero-order valence-electron chi connectivity index (χ0n) is 14.4. The molecule has 126 valence electrons. The molecule has 0 aliphatic carbocycles. The Hall–Kier alpha value is -1.91. The fourth-order valence-corrected chi connectivity index (χ4v) is 3.21. The SMILES string of the molecule is CC(C)(C)OC(=O)N1CCN(c2cccc3c2NCCC3)CC1. The number of piperazine rings is 1. The van der Waals surface area contributed by atoms with Gasteiger partial charge in [0.15, 0.2) is 0 Å². The number of aryl methyl sites for hydroxylation is 1. The summed E-state index contributed by atoms with van der Waals surface area (Å²) in [6.07, 6.45) is 2.14. The summed E-state index contributed by atoms with van der Waals surface area (Å²) in [5.41, 5.74) is 3.52. The van der Waals surface area contributed by atoms with E-state index in [1.54, 1.807) is 0 Å².